The van der Waals surface area contributed by atoms with Crippen LogP contribution >= 0.6 is 0 Å². The van der Waals surface area contributed by atoms with Crippen LogP contribution in [0.25, 0.3) is 22.1 Å². The average Bonchev–Trinajstić information content (AvgIpc) is 2.44. The fourth-order valence-corrected chi connectivity index (χ4v) is 2.21. The van der Waals surface area contributed by atoms with Crippen LogP contribution in [0.1, 0.15) is 10.4 Å². The van der Waals surface area contributed by atoms with Crippen LogP contribution < -0.4 is 9.46 Å². The number of para-hydroxylation sites is 2. The second-order valence-corrected chi connectivity index (χ2v) is 4.21. The molecule has 0 aliphatic carbocycles. The van der Waals surface area contributed by atoms with Crippen LogP contribution in [0.4, 0.5) is 0 Å². The Morgan fingerprint density at radius 2 is 1.55 bits per heavy atom. The summed E-state index contributed by atoms with van der Waals surface area (Å²) >= 11 is 0. The molecule has 2 aromatic carbocycles. The molecule has 1 heterocycles. The minimum absolute atomic E-state index is 0.0306. The van der Waals surface area contributed by atoms with E-state index < -0.39 is 17.3 Å². The van der Waals surface area contributed by atoms with Crippen LogP contribution in [-0.2, 0) is 0 Å². The van der Waals surface area contributed by atoms with E-state index in [2.05, 4.69) is 0 Å². The lowest BCUT2D eigenvalue weighted by molar-refractivity contribution is -0.591. The van der Waals surface area contributed by atoms with Gasteiger partial charge in [-0.25, -0.2) is 4.79 Å². The summed E-state index contributed by atoms with van der Waals surface area (Å²) in [5.41, 5.74) is -0.923. The van der Waals surface area contributed by atoms with E-state index in [1.807, 2.05) is 0 Å². The number of benzene rings is 2. The van der Waals surface area contributed by atoms with E-state index in [4.69, 9.17) is 5.11 Å². The van der Waals surface area contributed by atoms with Crippen LogP contribution in [0.2, 0.25) is 0 Å². The largest absolute Gasteiger partial charge is 0.617 e. The highest BCUT2D eigenvalue weighted by atomic mass is 16.5. The summed E-state index contributed by atoms with van der Waals surface area (Å²) in [6, 6.07) is 8.32. The SMILES string of the molecule is O=C(O)c1c(O)ccc2c1[n+]([O-])c1ccccc1[n+]2[O-]. The third-order valence-corrected chi connectivity index (χ3v) is 3.09. The molecule has 0 saturated carbocycles. The number of carbonyl (C=O) groups is 1. The van der Waals surface area contributed by atoms with Gasteiger partial charge in [0.2, 0.25) is 0 Å². The van der Waals surface area contributed by atoms with Crippen LogP contribution in [0, 0.1) is 10.4 Å². The van der Waals surface area contributed by atoms with Gasteiger partial charge in [0.15, 0.2) is 5.56 Å². The first-order chi connectivity index (χ1) is 9.52. The van der Waals surface area contributed by atoms with Crippen molar-refractivity contribution >= 4 is 28.0 Å². The summed E-state index contributed by atoms with van der Waals surface area (Å²) in [6.45, 7) is 0. The molecule has 0 fully saturated rings. The lowest BCUT2D eigenvalue weighted by atomic mass is 10.1. The van der Waals surface area contributed by atoms with Crippen molar-refractivity contribution in [2.45, 2.75) is 0 Å². The number of aromatic hydroxyl groups is 1. The van der Waals surface area contributed by atoms with Gasteiger partial charge in [-0.15, -0.1) is 0 Å². The second kappa shape index (κ2) is 3.95. The number of aromatic carboxylic acids is 1. The molecule has 3 rings (SSSR count). The number of hydrogen-bond donors (Lipinski definition) is 2. The molecule has 0 aliphatic rings. The number of aromatic nitrogens is 2. The Morgan fingerprint density at radius 1 is 0.950 bits per heavy atom. The van der Waals surface area contributed by atoms with Crippen molar-refractivity contribution in [3.05, 3.63) is 52.4 Å². The van der Waals surface area contributed by atoms with Crippen molar-refractivity contribution in [2.75, 3.05) is 0 Å². The van der Waals surface area contributed by atoms with Gasteiger partial charge in [0.05, 0.1) is 0 Å². The Balaban J connectivity index is 2.67. The molecule has 7 nitrogen and oxygen atoms in total. The van der Waals surface area contributed by atoms with Crippen molar-refractivity contribution in [1.82, 2.24) is 0 Å². The number of fused-ring (bicyclic) bond motifs is 2. The fraction of sp³-hybridized carbons (Fsp3) is 0. The molecule has 100 valence electrons. The maximum Gasteiger partial charge on any atom is 0.346 e. The Morgan fingerprint density at radius 3 is 2.15 bits per heavy atom. The standard InChI is InChI=1S/C13H8N2O5/c16-10-6-5-9-12(11(10)13(17)18)15(20)8-4-2-1-3-7(8)14(9)19/h1-6,16H,(H,17,18). The van der Waals surface area contributed by atoms with Gasteiger partial charge in [-0.1, -0.05) is 12.1 Å². The number of carboxylic acids is 1. The van der Waals surface area contributed by atoms with Gasteiger partial charge in [-0.2, -0.15) is 9.46 Å². The van der Waals surface area contributed by atoms with E-state index >= 15 is 0 Å². The van der Waals surface area contributed by atoms with E-state index in [1.54, 1.807) is 12.1 Å². The van der Waals surface area contributed by atoms with E-state index in [0.29, 0.717) is 9.46 Å². The summed E-state index contributed by atoms with van der Waals surface area (Å²) < 4.78 is 0.827. The molecule has 1 aromatic heterocycles. The molecule has 2 N–H and O–H groups in total. The van der Waals surface area contributed by atoms with Gasteiger partial charge in [-0.3, -0.25) is 0 Å². The minimum atomic E-state index is -1.48. The third-order valence-electron chi connectivity index (χ3n) is 3.09. The first kappa shape index (κ1) is 12.0. The summed E-state index contributed by atoms with van der Waals surface area (Å²) in [5.74, 6) is -2.04. The van der Waals surface area contributed by atoms with E-state index in [9.17, 15) is 20.3 Å². The average molecular weight is 272 g/mol. The smallest absolute Gasteiger partial charge is 0.346 e. The number of phenols is 1. The van der Waals surface area contributed by atoms with Crippen LogP contribution in [0.3, 0.4) is 0 Å². The van der Waals surface area contributed by atoms with Gasteiger partial charge in [0.1, 0.15) is 5.75 Å². The highest BCUT2D eigenvalue weighted by Gasteiger charge is 2.29. The minimum Gasteiger partial charge on any atom is -0.617 e. The van der Waals surface area contributed by atoms with E-state index in [1.165, 1.54) is 18.2 Å². The Hall–Kier alpha value is -3.09. The third kappa shape index (κ3) is 1.43. The highest BCUT2D eigenvalue weighted by Crippen LogP contribution is 2.24. The lowest BCUT2D eigenvalue weighted by Gasteiger charge is -2.09. The maximum absolute atomic E-state index is 12.3. The fourth-order valence-electron chi connectivity index (χ4n) is 2.21. The Labute approximate surface area is 111 Å². The van der Waals surface area contributed by atoms with E-state index in [-0.39, 0.29) is 22.1 Å². The van der Waals surface area contributed by atoms with Gasteiger partial charge in [0, 0.05) is 18.2 Å². The molecule has 0 saturated heterocycles. The zero-order chi connectivity index (χ0) is 14.4. The normalized spacial score (nSPS) is 11.0. The van der Waals surface area contributed by atoms with Crippen molar-refractivity contribution in [3.63, 3.8) is 0 Å². The molecule has 0 aliphatic heterocycles. The number of nitrogens with zero attached hydrogens (tertiary/aromatic N) is 2. The highest BCUT2D eigenvalue weighted by molar-refractivity contribution is 6.02. The van der Waals surface area contributed by atoms with E-state index in [0.717, 1.165) is 6.07 Å². The zero-order valence-electron chi connectivity index (χ0n) is 9.98. The predicted octanol–water partition coefficient (Wildman–Crippen LogP) is 0.664. The molecule has 20 heavy (non-hydrogen) atoms. The molecule has 7 heteroatoms. The summed E-state index contributed by atoms with van der Waals surface area (Å²) in [5, 5.41) is 43.3. The zero-order valence-corrected chi connectivity index (χ0v) is 9.98. The topological polar surface area (TPSA) is 111 Å². The molecule has 0 atom stereocenters. The van der Waals surface area contributed by atoms with Crippen LogP contribution in [0.5, 0.6) is 5.75 Å². The number of carboxylic acid groups (broad SMARTS) is 1. The monoisotopic (exact) mass is 272 g/mol. The van der Waals surface area contributed by atoms with Gasteiger partial charge < -0.3 is 20.6 Å². The maximum atomic E-state index is 12.3. The predicted molar refractivity (Wildman–Crippen MR) is 68.0 cm³/mol. The molecule has 0 bridgehead atoms. The molecular weight excluding hydrogens is 264 g/mol. The second-order valence-electron chi connectivity index (χ2n) is 4.21. The Kier molecular flexibility index (Phi) is 2.37. The first-order valence-corrected chi connectivity index (χ1v) is 5.65. The molecule has 0 amide bonds. The molecule has 0 radical (unpaired) electrons. The first-order valence-electron chi connectivity index (χ1n) is 5.65. The van der Waals surface area contributed by atoms with Crippen molar-refractivity contribution in [1.29, 1.82) is 0 Å². The molecule has 0 unspecified atom stereocenters. The number of hydrogen-bond acceptors (Lipinski definition) is 4. The summed E-state index contributed by atoms with van der Waals surface area (Å²) in [6.07, 6.45) is 0. The number of rotatable bonds is 1. The summed E-state index contributed by atoms with van der Waals surface area (Å²) in [4.78, 5) is 11.2. The quantitative estimate of drug-likeness (QED) is 0.384. The molecule has 3 aromatic rings. The van der Waals surface area contributed by atoms with Gasteiger partial charge in [0.25, 0.3) is 16.6 Å². The van der Waals surface area contributed by atoms with Gasteiger partial charge >= 0.3 is 11.5 Å². The lowest BCUT2D eigenvalue weighted by Crippen LogP contribution is -2.40. The van der Waals surface area contributed by atoms with Crippen molar-refractivity contribution in [3.8, 4) is 5.75 Å². The molecular formula is C13H8N2O5. The molecule has 0 spiro atoms. The van der Waals surface area contributed by atoms with Crippen LogP contribution in [0.15, 0.2) is 36.4 Å². The van der Waals surface area contributed by atoms with Gasteiger partial charge in [-0.05, 0) is 6.07 Å². The van der Waals surface area contributed by atoms with Crippen molar-refractivity contribution < 1.29 is 24.5 Å². The Bertz CT molecular complexity index is 876. The summed E-state index contributed by atoms with van der Waals surface area (Å²) in [7, 11) is 0. The van der Waals surface area contributed by atoms with Crippen molar-refractivity contribution in [2.24, 2.45) is 0 Å². The van der Waals surface area contributed by atoms with Crippen LogP contribution in [-0.4, -0.2) is 16.2 Å².